The van der Waals surface area contributed by atoms with Gasteiger partial charge in [0, 0.05) is 26.6 Å². The molecule has 0 aliphatic rings. The molecule has 0 rings (SSSR count). The molecule has 0 fully saturated rings. The second-order valence-electron chi connectivity index (χ2n) is 8.89. The lowest BCUT2D eigenvalue weighted by molar-refractivity contribution is -0.146. The van der Waals surface area contributed by atoms with Gasteiger partial charge in [-0.3, -0.25) is 9.59 Å². The summed E-state index contributed by atoms with van der Waals surface area (Å²) in [6, 6.07) is 0. The van der Waals surface area contributed by atoms with Crippen LogP contribution < -0.4 is 0 Å². The molecular formula is C26H50O5. The van der Waals surface area contributed by atoms with Crippen molar-refractivity contribution in [1.29, 1.82) is 0 Å². The van der Waals surface area contributed by atoms with Gasteiger partial charge in [0.2, 0.25) is 0 Å². The molecule has 31 heavy (non-hydrogen) atoms. The van der Waals surface area contributed by atoms with Crippen LogP contribution in [0.3, 0.4) is 0 Å². The first-order valence-corrected chi connectivity index (χ1v) is 12.9. The van der Waals surface area contributed by atoms with Crippen molar-refractivity contribution in [1.82, 2.24) is 0 Å². The van der Waals surface area contributed by atoms with Crippen molar-refractivity contribution in [2.24, 2.45) is 5.92 Å². The van der Waals surface area contributed by atoms with Gasteiger partial charge in [0.25, 0.3) is 0 Å². The maximum absolute atomic E-state index is 11.8. The Hall–Kier alpha value is -1.10. The molecule has 1 atom stereocenters. The van der Waals surface area contributed by atoms with Gasteiger partial charge in [0.15, 0.2) is 0 Å². The number of carbonyl (C=O) groups is 2. The van der Waals surface area contributed by atoms with Crippen LogP contribution in [0, 0.1) is 5.92 Å². The van der Waals surface area contributed by atoms with Crippen LogP contribution in [0.2, 0.25) is 0 Å². The minimum absolute atomic E-state index is 0.148. The lowest BCUT2D eigenvalue weighted by Gasteiger charge is -2.11. The number of hydrogen-bond donors (Lipinski definition) is 0. The Morgan fingerprint density at radius 1 is 0.645 bits per heavy atom. The lowest BCUT2D eigenvalue weighted by Crippen LogP contribution is -2.13. The Morgan fingerprint density at radius 2 is 1.13 bits per heavy atom. The molecule has 0 aromatic rings. The van der Waals surface area contributed by atoms with Gasteiger partial charge in [-0.1, -0.05) is 84.5 Å². The maximum atomic E-state index is 11.8. The van der Waals surface area contributed by atoms with Crippen LogP contribution in [0.25, 0.3) is 0 Å². The monoisotopic (exact) mass is 442 g/mol. The molecule has 184 valence electrons. The molecule has 0 radical (unpaired) electrons. The van der Waals surface area contributed by atoms with Crippen molar-refractivity contribution in [3.05, 3.63) is 0 Å². The zero-order valence-electron chi connectivity index (χ0n) is 20.8. The zero-order chi connectivity index (χ0) is 23.0. The number of ether oxygens (including phenoxy) is 3. The van der Waals surface area contributed by atoms with Crippen molar-refractivity contribution < 1.29 is 23.8 Å². The van der Waals surface area contributed by atoms with Crippen LogP contribution >= 0.6 is 0 Å². The van der Waals surface area contributed by atoms with Gasteiger partial charge in [0.05, 0.1) is 13.2 Å². The average molecular weight is 443 g/mol. The molecule has 5 nitrogen and oxygen atoms in total. The molecule has 0 aromatic heterocycles. The third kappa shape index (κ3) is 23.4. The summed E-state index contributed by atoms with van der Waals surface area (Å²) in [7, 11) is 1.67. The second-order valence-corrected chi connectivity index (χ2v) is 8.89. The summed E-state index contributed by atoms with van der Waals surface area (Å²) in [5, 5.41) is 0. The fraction of sp³-hybridized carbons (Fsp3) is 0.923. The molecular weight excluding hydrogens is 392 g/mol. The molecule has 0 heterocycles. The molecule has 0 aliphatic carbocycles. The number of esters is 2. The van der Waals surface area contributed by atoms with E-state index >= 15 is 0 Å². The third-order valence-corrected chi connectivity index (χ3v) is 5.62. The predicted molar refractivity (Wildman–Crippen MR) is 127 cm³/mol. The summed E-state index contributed by atoms with van der Waals surface area (Å²) in [6.45, 7) is 5.94. The molecule has 5 heteroatoms. The molecule has 0 amide bonds. The summed E-state index contributed by atoms with van der Waals surface area (Å²) in [5.41, 5.74) is 0. The first-order chi connectivity index (χ1) is 15.1. The van der Waals surface area contributed by atoms with Crippen molar-refractivity contribution >= 4 is 11.9 Å². The number of carbonyl (C=O) groups excluding carboxylic acids is 2. The van der Waals surface area contributed by atoms with Crippen LogP contribution in [0.5, 0.6) is 0 Å². The standard InChI is InChI=1S/C26H50O5/c1-4-5-6-7-8-9-10-11-12-13-14-17-21-30-25(27)18-15-16-19-26(28)31-23-24(2)20-22-29-3/h24H,4-23H2,1-3H3. The molecule has 0 N–H and O–H groups in total. The summed E-state index contributed by atoms with van der Waals surface area (Å²) >= 11 is 0. The summed E-state index contributed by atoms with van der Waals surface area (Å²) in [5.74, 6) is -0.0297. The maximum Gasteiger partial charge on any atom is 0.305 e. The highest BCUT2D eigenvalue weighted by Gasteiger charge is 2.08. The van der Waals surface area contributed by atoms with Crippen LogP contribution in [0.15, 0.2) is 0 Å². The number of unbranched alkanes of at least 4 members (excludes halogenated alkanes) is 12. The zero-order valence-corrected chi connectivity index (χ0v) is 20.8. The van der Waals surface area contributed by atoms with Crippen LogP contribution in [-0.4, -0.2) is 38.9 Å². The van der Waals surface area contributed by atoms with Crippen molar-refractivity contribution in [2.45, 2.75) is 123 Å². The van der Waals surface area contributed by atoms with Crippen LogP contribution in [-0.2, 0) is 23.8 Å². The summed E-state index contributed by atoms with van der Waals surface area (Å²) in [4.78, 5) is 23.5. The normalized spacial score (nSPS) is 12.0. The van der Waals surface area contributed by atoms with Crippen LogP contribution in [0.1, 0.15) is 123 Å². The second kappa shape index (κ2) is 23.6. The highest BCUT2D eigenvalue weighted by atomic mass is 16.5. The SMILES string of the molecule is CCCCCCCCCCCCCCOC(=O)CCCCC(=O)OCC(C)CCOC. The summed E-state index contributed by atoms with van der Waals surface area (Å²) in [6.07, 6.45) is 18.6. The quantitative estimate of drug-likeness (QED) is 0.126. The Kier molecular flexibility index (Phi) is 22.7. The van der Waals surface area contributed by atoms with E-state index in [0.29, 0.717) is 51.4 Å². The van der Waals surface area contributed by atoms with Gasteiger partial charge in [-0.15, -0.1) is 0 Å². The highest BCUT2D eigenvalue weighted by Crippen LogP contribution is 2.12. The molecule has 0 saturated heterocycles. The van der Waals surface area contributed by atoms with Crippen molar-refractivity contribution in [3.63, 3.8) is 0 Å². The average Bonchev–Trinajstić information content (AvgIpc) is 2.77. The van der Waals surface area contributed by atoms with Crippen molar-refractivity contribution in [2.75, 3.05) is 26.9 Å². The Labute approximate surface area is 192 Å². The topological polar surface area (TPSA) is 61.8 Å². The highest BCUT2D eigenvalue weighted by molar-refractivity contribution is 5.70. The number of rotatable bonds is 23. The van der Waals surface area contributed by atoms with E-state index in [0.717, 1.165) is 19.3 Å². The van der Waals surface area contributed by atoms with Gasteiger partial charge in [-0.05, 0) is 31.6 Å². The third-order valence-electron chi connectivity index (χ3n) is 5.62. The van der Waals surface area contributed by atoms with Crippen molar-refractivity contribution in [3.8, 4) is 0 Å². The number of hydrogen-bond acceptors (Lipinski definition) is 5. The molecule has 0 bridgehead atoms. The van der Waals surface area contributed by atoms with Gasteiger partial charge >= 0.3 is 11.9 Å². The predicted octanol–water partition coefficient (Wildman–Crippen LogP) is 7.01. The molecule has 0 spiro atoms. The van der Waals surface area contributed by atoms with Gasteiger partial charge in [0.1, 0.15) is 0 Å². The van der Waals surface area contributed by atoms with E-state index in [1.54, 1.807) is 7.11 Å². The largest absolute Gasteiger partial charge is 0.466 e. The Balaban J connectivity index is 3.33. The molecule has 1 unspecified atom stereocenters. The van der Waals surface area contributed by atoms with E-state index in [2.05, 4.69) is 6.92 Å². The Morgan fingerprint density at radius 3 is 1.65 bits per heavy atom. The number of methoxy groups -OCH3 is 1. The van der Waals surface area contributed by atoms with E-state index < -0.39 is 0 Å². The lowest BCUT2D eigenvalue weighted by atomic mass is 10.1. The van der Waals surface area contributed by atoms with Gasteiger partial charge in [-0.25, -0.2) is 0 Å². The minimum Gasteiger partial charge on any atom is -0.466 e. The molecule has 0 aliphatic heterocycles. The first-order valence-electron chi connectivity index (χ1n) is 12.9. The summed E-state index contributed by atoms with van der Waals surface area (Å²) < 4.78 is 15.6. The van der Waals surface area contributed by atoms with E-state index in [9.17, 15) is 9.59 Å². The molecule has 0 saturated carbocycles. The fourth-order valence-corrected chi connectivity index (χ4v) is 3.45. The minimum atomic E-state index is -0.186. The first kappa shape index (κ1) is 29.9. The van der Waals surface area contributed by atoms with E-state index in [1.807, 2.05) is 6.92 Å². The van der Waals surface area contributed by atoms with Gasteiger partial charge < -0.3 is 14.2 Å². The fourth-order valence-electron chi connectivity index (χ4n) is 3.45. The Bertz CT molecular complexity index is 411. The van der Waals surface area contributed by atoms with E-state index in [4.69, 9.17) is 14.2 Å². The van der Waals surface area contributed by atoms with Gasteiger partial charge in [-0.2, -0.15) is 0 Å². The molecule has 0 aromatic carbocycles. The van der Waals surface area contributed by atoms with E-state index in [1.165, 1.54) is 64.2 Å². The van der Waals surface area contributed by atoms with Crippen LogP contribution in [0.4, 0.5) is 0 Å². The smallest absolute Gasteiger partial charge is 0.305 e. The van der Waals surface area contributed by atoms with E-state index in [-0.39, 0.29) is 11.9 Å².